The Bertz CT molecular complexity index is 593. The molecule has 0 spiro atoms. The third-order valence-electron chi connectivity index (χ3n) is 4.01. The van der Waals surface area contributed by atoms with E-state index in [0.717, 1.165) is 11.1 Å². The summed E-state index contributed by atoms with van der Waals surface area (Å²) in [4.78, 5) is 0. The molecule has 2 atom stereocenters. The molecule has 25 heavy (non-hydrogen) atoms. The molecule has 0 fully saturated rings. The van der Waals surface area contributed by atoms with Crippen molar-refractivity contribution in [1.82, 2.24) is 0 Å². The van der Waals surface area contributed by atoms with Crippen LogP contribution in [0.3, 0.4) is 0 Å². The Kier molecular flexibility index (Phi) is 6.39. The summed E-state index contributed by atoms with van der Waals surface area (Å²) in [5, 5.41) is 36.2. The normalized spacial score (nSPS) is 14.0. The van der Waals surface area contributed by atoms with E-state index in [1.54, 1.807) is 24.3 Å². The van der Waals surface area contributed by atoms with Crippen LogP contribution in [-0.2, 0) is 5.41 Å². The zero-order valence-electron chi connectivity index (χ0n) is 14.3. The third kappa shape index (κ3) is 4.93. The monoisotopic (exact) mass is 348 g/mol. The van der Waals surface area contributed by atoms with Gasteiger partial charge in [-0.2, -0.15) is 0 Å². The molecule has 2 rings (SSSR count). The maximum atomic E-state index is 9.31. The molecule has 4 N–H and O–H groups in total. The summed E-state index contributed by atoms with van der Waals surface area (Å²) >= 11 is 0. The average molecular weight is 348 g/mol. The molecule has 2 unspecified atom stereocenters. The van der Waals surface area contributed by atoms with Crippen molar-refractivity contribution in [2.75, 3.05) is 13.2 Å². The van der Waals surface area contributed by atoms with Crippen molar-refractivity contribution in [3.05, 3.63) is 59.7 Å². The Balaban J connectivity index is 2.14. The highest BCUT2D eigenvalue weighted by Gasteiger charge is 2.23. The Morgan fingerprint density at radius 3 is 1.32 bits per heavy atom. The second-order valence-corrected chi connectivity index (χ2v) is 6.18. The minimum atomic E-state index is -1.24. The molecule has 6 nitrogen and oxygen atoms in total. The Morgan fingerprint density at radius 1 is 0.720 bits per heavy atom. The molecule has 0 bridgehead atoms. The molecular formula is C19H24O6. The highest BCUT2D eigenvalue weighted by Crippen LogP contribution is 2.33. The van der Waals surface area contributed by atoms with Gasteiger partial charge in [0, 0.05) is 5.41 Å². The van der Waals surface area contributed by atoms with Crippen LogP contribution in [0, 0.1) is 0 Å². The summed E-state index contributed by atoms with van der Waals surface area (Å²) in [5.41, 5.74) is 1.80. The molecule has 0 aliphatic heterocycles. The van der Waals surface area contributed by atoms with Gasteiger partial charge in [-0.25, -0.2) is 0 Å². The zero-order chi connectivity index (χ0) is 18.4. The van der Waals surface area contributed by atoms with Crippen molar-refractivity contribution in [3.63, 3.8) is 0 Å². The molecule has 0 aliphatic rings. The second kappa shape index (κ2) is 8.31. The first-order chi connectivity index (χ1) is 11.9. The molecule has 0 aliphatic carbocycles. The molecule has 2 aromatic rings. The van der Waals surface area contributed by atoms with Gasteiger partial charge in [0.2, 0.25) is 12.6 Å². The van der Waals surface area contributed by atoms with Crippen molar-refractivity contribution in [3.8, 4) is 11.5 Å². The summed E-state index contributed by atoms with van der Waals surface area (Å²) in [6, 6.07) is 14.6. The number of aliphatic hydroxyl groups is 4. The van der Waals surface area contributed by atoms with Crippen LogP contribution in [0.1, 0.15) is 25.0 Å². The SMILES string of the molecule is CC(C)(c1ccc(OC(O)CO)cc1)c1ccc(OC(O)CO)cc1. The lowest BCUT2D eigenvalue weighted by Gasteiger charge is -2.26. The van der Waals surface area contributed by atoms with E-state index in [2.05, 4.69) is 13.8 Å². The Hall–Kier alpha value is -2.12. The molecule has 0 amide bonds. The van der Waals surface area contributed by atoms with Crippen LogP contribution < -0.4 is 9.47 Å². The lowest BCUT2D eigenvalue weighted by atomic mass is 9.78. The second-order valence-electron chi connectivity index (χ2n) is 6.18. The maximum absolute atomic E-state index is 9.31. The van der Waals surface area contributed by atoms with E-state index >= 15 is 0 Å². The molecule has 136 valence electrons. The van der Waals surface area contributed by atoms with Crippen molar-refractivity contribution in [2.24, 2.45) is 0 Å². The van der Waals surface area contributed by atoms with Crippen molar-refractivity contribution in [2.45, 2.75) is 31.8 Å². The number of hydrogen-bond acceptors (Lipinski definition) is 6. The summed E-state index contributed by atoms with van der Waals surface area (Å²) in [6.07, 6.45) is -2.47. The molecular weight excluding hydrogens is 324 g/mol. The van der Waals surface area contributed by atoms with E-state index in [-0.39, 0.29) is 5.41 Å². The lowest BCUT2D eigenvalue weighted by Crippen LogP contribution is -2.21. The van der Waals surface area contributed by atoms with Crippen molar-refractivity contribution >= 4 is 0 Å². The fourth-order valence-corrected chi connectivity index (χ4v) is 2.46. The Morgan fingerprint density at radius 2 is 1.04 bits per heavy atom. The van der Waals surface area contributed by atoms with Crippen LogP contribution in [0.15, 0.2) is 48.5 Å². The van der Waals surface area contributed by atoms with E-state index in [9.17, 15) is 10.2 Å². The first kappa shape index (κ1) is 19.2. The summed E-state index contributed by atoms with van der Waals surface area (Å²) in [7, 11) is 0. The van der Waals surface area contributed by atoms with Crippen LogP contribution >= 0.6 is 0 Å². The number of aliphatic hydroxyl groups excluding tert-OH is 4. The predicted octanol–water partition coefficient (Wildman–Crippen LogP) is 1.39. The van der Waals surface area contributed by atoms with Crippen LogP contribution in [-0.4, -0.2) is 46.2 Å². The fraction of sp³-hybridized carbons (Fsp3) is 0.368. The minimum Gasteiger partial charge on any atom is -0.463 e. The van der Waals surface area contributed by atoms with Gasteiger partial charge < -0.3 is 29.9 Å². The van der Waals surface area contributed by atoms with Gasteiger partial charge >= 0.3 is 0 Å². The maximum Gasteiger partial charge on any atom is 0.220 e. The standard InChI is InChI=1S/C19H24O6/c1-19(2,13-3-7-15(8-4-13)24-17(22)11-20)14-5-9-16(10-6-14)25-18(23)12-21/h3-10,17-18,20-23H,11-12H2,1-2H3. The van der Waals surface area contributed by atoms with Crippen molar-refractivity contribution < 1.29 is 29.9 Å². The van der Waals surface area contributed by atoms with Gasteiger partial charge in [0.15, 0.2) is 0 Å². The van der Waals surface area contributed by atoms with Gasteiger partial charge in [-0.05, 0) is 35.4 Å². The topological polar surface area (TPSA) is 99.4 Å². The fourth-order valence-electron chi connectivity index (χ4n) is 2.46. The Labute approximate surface area is 146 Å². The summed E-state index contributed by atoms with van der Waals surface area (Å²) < 4.78 is 10.3. The number of rotatable bonds is 8. The van der Waals surface area contributed by atoms with Crippen molar-refractivity contribution in [1.29, 1.82) is 0 Å². The van der Waals surface area contributed by atoms with E-state index < -0.39 is 25.8 Å². The first-order valence-corrected chi connectivity index (χ1v) is 7.99. The first-order valence-electron chi connectivity index (χ1n) is 7.99. The lowest BCUT2D eigenvalue weighted by molar-refractivity contribution is -0.0550. The molecule has 0 radical (unpaired) electrons. The number of benzene rings is 2. The molecule has 0 aromatic heterocycles. The van der Waals surface area contributed by atoms with Gasteiger partial charge in [-0.1, -0.05) is 38.1 Å². The smallest absolute Gasteiger partial charge is 0.220 e. The molecule has 0 saturated carbocycles. The van der Waals surface area contributed by atoms with Gasteiger partial charge in [-0.15, -0.1) is 0 Å². The summed E-state index contributed by atoms with van der Waals surface area (Å²) in [6.45, 7) is 3.22. The highest BCUT2D eigenvalue weighted by atomic mass is 16.6. The largest absolute Gasteiger partial charge is 0.463 e. The van der Waals surface area contributed by atoms with Gasteiger partial charge in [0.1, 0.15) is 24.7 Å². The van der Waals surface area contributed by atoms with Gasteiger partial charge in [0.25, 0.3) is 0 Å². The van der Waals surface area contributed by atoms with Crippen LogP contribution in [0.25, 0.3) is 0 Å². The van der Waals surface area contributed by atoms with Crippen LogP contribution in [0.4, 0.5) is 0 Å². The number of hydrogen-bond donors (Lipinski definition) is 4. The number of ether oxygens (including phenoxy) is 2. The van der Waals surface area contributed by atoms with Crippen LogP contribution in [0.2, 0.25) is 0 Å². The molecule has 0 heterocycles. The zero-order valence-corrected chi connectivity index (χ0v) is 14.3. The van der Waals surface area contributed by atoms with E-state index in [1.807, 2.05) is 24.3 Å². The van der Waals surface area contributed by atoms with E-state index in [4.69, 9.17) is 19.7 Å². The van der Waals surface area contributed by atoms with E-state index in [1.165, 1.54) is 0 Å². The molecule has 2 aromatic carbocycles. The van der Waals surface area contributed by atoms with Crippen LogP contribution in [0.5, 0.6) is 11.5 Å². The van der Waals surface area contributed by atoms with Gasteiger partial charge in [-0.3, -0.25) is 0 Å². The predicted molar refractivity (Wildman–Crippen MR) is 92.5 cm³/mol. The molecule has 6 heteroatoms. The minimum absolute atomic E-state index is 0.289. The average Bonchev–Trinajstić information content (AvgIpc) is 2.62. The van der Waals surface area contributed by atoms with Gasteiger partial charge in [0.05, 0.1) is 0 Å². The highest BCUT2D eigenvalue weighted by molar-refractivity contribution is 5.41. The quantitative estimate of drug-likeness (QED) is 0.538. The molecule has 0 saturated heterocycles. The van der Waals surface area contributed by atoms with E-state index in [0.29, 0.717) is 11.5 Å². The summed E-state index contributed by atoms with van der Waals surface area (Å²) in [5.74, 6) is 0.950. The third-order valence-corrected chi connectivity index (χ3v) is 4.01.